The SMILES string of the molecule is CCCCn1nc(C(=O)N(C)Cc2ncn[nH]2)ccc1=O. The highest BCUT2D eigenvalue weighted by atomic mass is 16.2. The van der Waals surface area contributed by atoms with Gasteiger partial charge in [0.05, 0.1) is 6.54 Å². The predicted molar refractivity (Wildman–Crippen MR) is 75.6 cm³/mol. The van der Waals surface area contributed by atoms with Crippen LogP contribution >= 0.6 is 0 Å². The molecule has 0 saturated carbocycles. The molecule has 0 aliphatic heterocycles. The first-order valence-corrected chi connectivity index (χ1v) is 6.79. The maximum atomic E-state index is 12.3. The van der Waals surface area contributed by atoms with Gasteiger partial charge in [-0.05, 0) is 12.5 Å². The van der Waals surface area contributed by atoms with E-state index >= 15 is 0 Å². The van der Waals surface area contributed by atoms with Crippen LogP contribution in [-0.2, 0) is 13.1 Å². The number of carbonyl (C=O) groups is 1. The summed E-state index contributed by atoms with van der Waals surface area (Å²) in [5.41, 5.74) is 0.0469. The molecule has 1 amide bonds. The van der Waals surface area contributed by atoms with Crippen LogP contribution in [0.5, 0.6) is 0 Å². The van der Waals surface area contributed by atoms with E-state index in [0.29, 0.717) is 18.9 Å². The topological polar surface area (TPSA) is 96.8 Å². The maximum absolute atomic E-state index is 12.3. The van der Waals surface area contributed by atoms with Gasteiger partial charge in [-0.1, -0.05) is 13.3 Å². The van der Waals surface area contributed by atoms with Crippen molar-refractivity contribution in [3.8, 4) is 0 Å². The first kappa shape index (κ1) is 14.9. The van der Waals surface area contributed by atoms with Gasteiger partial charge in [-0.3, -0.25) is 14.7 Å². The molecule has 0 spiro atoms. The van der Waals surface area contributed by atoms with Crippen molar-refractivity contribution in [3.63, 3.8) is 0 Å². The summed E-state index contributed by atoms with van der Waals surface area (Å²) in [7, 11) is 1.65. The maximum Gasteiger partial charge on any atom is 0.274 e. The lowest BCUT2D eigenvalue weighted by molar-refractivity contribution is 0.0773. The van der Waals surface area contributed by atoms with Gasteiger partial charge in [0.25, 0.3) is 11.5 Å². The van der Waals surface area contributed by atoms with Crippen molar-refractivity contribution in [1.29, 1.82) is 0 Å². The average molecular weight is 290 g/mol. The average Bonchev–Trinajstić information content (AvgIpc) is 2.98. The highest BCUT2D eigenvalue weighted by Gasteiger charge is 2.15. The molecular weight excluding hydrogens is 272 g/mol. The van der Waals surface area contributed by atoms with E-state index < -0.39 is 0 Å². The summed E-state index contributed by atoms with van der Waals surface area (Å²) in [5, 5.41) is 10.6. The molecule has 21 heavy (non-hydrogen) atoms. The van der Waals surface area contributed by atoms with Crippen molar-refractivity contribution in [3.05, 3.63) is 40.3 Å². The highest BCUT2D eigenvalue weighted by molar-refractivity contribution is 5.91. The fraction of sp³-hybridized carbons (Fsp3) is 0.462. The minimum absolute atomic E-state index is 0.196. The van der Waals surface area contributed by atoms with Crippen LogP contribution in [0, 0.1) is 0 Å². The number of nitrogens with one attached hydrogen (secondary N) is 1. The van der Waals surface area contributed by atoms with Gasteiger partial charge >= 0.3 is 0 Å². The van der Waals surface area contributed by atoms with Gasteiger partial charge in [0, 0.05) is 19.7 Å². The molecule has 2 aromatic heterocycles. The molecule has 0 unspecified atom stereocenters. The van der Waals surface area contributed by atoms with E-state index in [9.17, 15) is 9.59 Å². The first-order chi connectivity index (χ1) is 10.1. The van der Waals surface area contributed by atoms with E-state index in [4.69, 9.17) is 0 Å². The van der Waals surface area contributed by atoms with Crippen LogP contribution in [0.15, 0.2) is 23.3 Å². The summed E-state index contributed by atoms with van der Waals surface area (Å²) in [4.78, 5) is 29.4. The standard InChI is InChI=1S/C13H18N6O2/c1-3-4-7-19-12(20)6-5-10(17-19)13(21)18(2)8-11-14-9-15-16-11/h5-6,9H,3-4,7-8H2,1-2H3,(H,14,15,16). The number of rotatable bonds is 6. The second-order valence-electron chi connectivity index (χ2n) is 4.73. The summed E-state index contributed by atoms with van der Waals surface area (Å²) in [5.74, 6) is 0.321. The van der Waals surface area contributed by atoms with Crippen molar-refractivity contribution in [2.24, 2.45) is 0 Å². The molecule has 0 aliphatic rings. The molecule has 112 valence electrons. The number of H-pyrrole nitrogens is 1. The number of aryl methyl sites for hydroxylation is 1. The summed E-state index contributed by atoms with van der Waals surface area (Å²) in [6.45, 7) is 2.85. The molecule has 0 radical (unpaired) electrons. The van der Waals surface area contributed by atoms with E-state index in [-0.39, 0.29) is 17.2 Å². The number of unbranched alkanes of at least 4 members (excludes halogenated alkanes) is 1. The van der Waals surface area contributed by atoms with Gasteiger partial charge in [0.2, 0.25) is 0 Å². The van der Waals surface area contributed by atoms with Crippen LogP contribution in [0.2, 0.25) is 0 Å². The molecule has 0 fully saturated rings. The molecular formula is C13H18N6O2. The summed E-state index contributed by atoms with van der Waals surface area (Å²) in [6, 6.07) is 2.82. The Kier molecular flexibility index (Phi) is 4.81. The lowest BCUT2D eigenvalue weighted by Crippen LogP contribution is -2.31. The predicted octanol–water partition coefficient (Wildman–Crippen LogP) is 0.434. The normalized spacial score (nSPS) is 10.6. The number of aromatic amines is 1. The van der Waals surface area contributed by atoms with Gasteiger partial charge in [0.1, 0.15) is 17.8 Å². The molecule has 8 heteroatoms. The lowest BCUT2D eigenvalue weighted by atomic mass is 10.3. The number of hydrogen-bond acceptors (Lipinski definition) is 5. The fourth-order valence-corrected chi connectivity index (χ4v) is 1.83. The monoisotopic (exact) mass is 290 g/mol. The van der Waals surface area contributed by atoms with Crippen LogP contribution < -0.4 is 5.56 Å². The third-order valence-electron chi connectivity index (χ3n) is 3.01. The van der Waals surface area contributed by atoms with E-state index in [1.54, 1.807) is 7.05 Å². The zero-order valence-corrected chi connectivity index (χ0v) is 12.1. The molecule has 0 bridgehead atoms. The molecule has 0 aliphatic carbocycles. The Morgan fingerprint density at radius 3 is 2.90 bits per heavy atom. The van der Waals surface area contributed by atoms with Gasteiger partial charge in [-0.2, -0.15) is 10.2 Å². The van der Waals surface area contributed by atoms with E-state index in [2.05, 4.69) is 20.3 Å². The number of amides is 1. The number of hydrogen-bond donors (Lipinski definition) is 1. The minimum atomic E-state index is -0.267. The van der Waals surface area contributed by atoms with E-state index in [0.717, 1.165) is 12.8 Å². The van der Waals surface area contributed by atoms with Crippen LogP contribution in [0.4, 0.5) is 0 Å². The number of carbonyl (C=O) groups excluding carboxylic acids is 1. The van der Waals surface area contributed by atoms with E-state index in [1.807, 2.05) is 6.92 Å². The fourth-order valence-electron chi connectivity index (χ4n) is 1.83. The molecule has 0 saturated heterocycles. The van der Waals surface area contributed by atoms with Crippen LogP contribution in [-0.4, -0.2) is 42.8 Å². The van der Waals surface area contributed by atoms with Crippen molar-refractivity contribution in [2.75, 3.05) is 7.05 Å². The smallest absolute Gasteiger partial charge is 0.274 e. The highest BCUT2D eigenvalue weighted by Crippen LogP contribution is 2.02. The quantitative estimate of drug-likeness (QED) is 0.832. The van der Waals surface area contributed by atoms with Gasteiger partial charge in [-0.15, -0.1) is 0 Å². The summed E-state index contributed by atoms with van der Waals surface area (Å²) >= 11 is 0. The summed E-state index contributed by atoms with van der Waals surface area (Å²) in [6.07, 6.45) is 3.19. The molecule has 0 atom stereocenters. The van der Waals surface area contributed by atoms with Gasteiger partial charge in [0.15, 0.2) is 0 Å². The molecule has 2 aromatic rings. The Morgan fingerprint density at radius 2 is 2.24 bits per heavy atom. The molecule has 0 aromatic carbocycles. The van der Waals surface area contributed by atoms with Crippen molar-refractivity contribution >= 4 is 5.91 Å². The third kappa shape index (κ3) is 3.74. The zero-order valence-electron chi connectivity index (χ0n) is 12.1. The first-order valence-electron chi connectivity index (χ1n) is 6.79. The minimum Gasteiger partial charge on any atom is -0.333 e. The van der Waals surface area contributed by atoms with Crippen LogP contribution in [0.3, 0.4) is 0 Å². The second kappa shape index (κ2) is 6.78. The lowest BCUT2D eigenvalue weighted by Gasteiger charge is -2.15. The second-order valence-corrected chi connectivity index (χ2v) is 4.73. The summed E-state index contributed by atoms with van der Waals surface area (Å²) < 4.78 is 1.33. The molecule has 8 nitrogen and oxygen atoms in total. The van der Waals surface area contributed by atoms with Crippen LogP contribution in [0.25, 0.3) is 0 Å². The van der Waals surface area contributed by atoms with Crippen molar-refractivity contribution in [1.82, 2.24) is 29.9 Å². The molecule has 2 rings (SSSR count). The largest absolute Gasteiger partial charge is 0.333 e. The van der Waals surface area contributed by atoms with Crippen molar-refractivity contribution < 1.29 is 4.79 Å². The Balaban J connectivity index is 2.12. The van der Waals surface area contributed by atoms with Crippen molar-refractivity contribution in [2.45, 2.75) is 32.9 Å². The zero-order chi connectivity index (χ0) is 15.2. The Labute approximate surface area is 121 Å². The van der Waals surface area contributed by atoms with Crippen LogP contribution in [0.1, 0.15) is 36.1 Å². The third-order valence-corrected chi connectivity index (χ3v) is 3.01. The molecule has 1 N–H and O–H groups in total. The van der Waals surface area contributed by atoms with Gasteiger partial charge < -0.3 is 4.90 Å². The Hall–Kier alpha value is -2.51. The van der Waals surface area contributed by atoms with E-state index in [1.165, 1.54) is 28.0 Å². The number of aromatic nitrogens is 5. The number of nitrogens with zero attached hydrogens (tertiary/aromatic N) is 5. The Bertz CT molecular complexity index is 649. The molecule has 2 heterocycles. The van der Waals surface area contributed by atoms with Gasteiger partial charge in [-0.25, -0.2) is 9.67 Å². The Morgan fingerprint density at radius 1 is 1.43 bits per heavy atom.